The predicted octanol–water partition coefficient (Wildman–Crippen LogP) is 2.11. The van der Waals surface area contributed by atoms with Crippen molar-refractivity contribution in [3.63, 3.8) is 0 Å². The standard InChI is InChI=1S/C14H25N3O/c1-4-6-15-13-5-7-16-14(10-13)11-17(8-9-18)12(2)3/h5,7,10,12,18H,4,6,8-9,11H2,1-3H3,(H,15,16). The molecule has 0 saturated carbocycles. The Labute approximate surface area is 110 Å². The monoisotopic (exact) mass is 251 g/mol. The van der Waals surface area contributed by atoms with Crippen LogP contribution in [0, 0.1) is 0 Å². The quantitative estimate of drug-likeness (QED) is 0.743. The summed E-state index contributed by atoms with van der Waals surface area (Å²) in [5.74, 6) is 0. The molecule has 18 heavy (non-hydrogen) atoms. The molecule has 0 fully saturated rings. The second-order valence-corrected chi connectivity index (χ2v) is 4.75. The van der Waals surface area contributed by atoms with Crippen molar-refractivity contribution in [2.75, 3.05) is 25.0 Å². The lowest BCUT2D eigenvalue weighted by molar-refractivity contribution is 0.158. The van der Waals surface area contributed by atoms with Gasteiger partial charge in [0, 0.05) is 37.6 Å². The lowest BCUT2D eigenvalue weighted by Gasteiger charge is -2.25. The minimum Gasteiger partial charge on any atom is -0.395 e. The number of hydrogen-bond donors (Lipinski definition) is 2. The van der Waals surface area contributed by atoms with Gasteiger partial charge in [-0.05, 0) is 32.4 Å². The molecule has 2 N–H and O–H groups in total. The van der Waals surface area contributed by atoms with Crippen LogP contribution in [0.3, 0.4) is 0 Å². The third-order valence-electron chi connectivity index (χ3n) is 2.88. The Kier molecular flexibility index (Phi) is 6.68. The van der Waals surface area contributed by atoms with Gasteiger partial charge in [-0.15, -0.1) is 0 Å². The third-order valence-corrected chi connectivity index (χ3v) is 2.88. The number of nitrogens with one attached hydrogen (secondary N) is 1. The first-order chi connectivity index (χ1) is 8.67. The van der Waals surface area contributed by atoms with Crippen molar-refractivity contribution >= 4 is 5.69 Å². The number of rotatable bonds is 8. The summed E-state index contributed by atoms with van der Waals surface area (Å²) in [7, 11) is 0. The van der Waals surface area contributed by atoms with E-state index >= 15 is 0 Å². The molecule has 0 radical (unpaired) electrons. The van der Waals surface area contributed by atoms with Gasteiger partial charge in [-0.25, -0.2) is 0 Å². The van der Waals surface area contributed by atoms with Crippen molar-refractivity contribution in [1.29, 1.82) is 0 Å². The van der Waals surface area contributed by atoms with Crippen molar-refractivity contribution in [2.24, 2.45) is 0 Å². The fourth-order valence-electron chi connectivity index (χ4n) is 1.80. The van der Waals surface area contributed by atoms with Gasteiger partial charge >= 0.3 is 0 Å². The Morgan fingerprint density at radius 3 is 2.83 bits per heavy atom. The molecule has 0 aliphatic carbocycles. The molecule has 0 atom stereocenters. The van der Waals surface area contributed by atoms with Crippen LogP contribution in [0.5, 0.6) is 0 Å². The Bertz CT molecular complexity index is 342. The second kappa shape index (κ2) is 8.06. The lowest BCUT2D eigenvalue weighted by atomic mass is 10.2. The molecular formula is C14H25N3O. The highest BCUT2D eigenvalue weighted by atomic mass is 16.3. The zero-order valence-corrected chi connectivity index (χ0v) is 11.7. The van der Waals surface area contributed by atoms with E-state index in [2.05, 4.69) is 42.0 Å². The molecule has 0 aliphatic rings. The van der Waals surface area contributed by atoms with Crippen LogP contribution in [0.2, 0.25) is 0 Å². The van der Waals surface area contributed by atoms with Gasteiger partial charge in [-0.3, -0.25) is 9.88 Å². The van der Waals surface area contributed by atoms with Crippen molar-refractivity contribution in [2.45, 2.75) is 39.8 Å². The average molecular weight is 251 g/mol. The van der Waals surface area contributed by atoms with Crippen LogP contribution in [0.25, 0.3) is 0 Å². The summed E-state index contributed by atoms with van der Waals surface area (Å²) in [6.45, 7) is 9.05. The van der Waals surface area contributed by atoms with E-state index in [-0.39, 0.29) is 6.61 Å². The summed E-state index contributed by atoms with van der Waals surface area (Å²) >= 11 is 0. The number of hydrogen-bond acceptors (Lipinski definition) is 4. The van der Waals surface area contributed by atoms with Gasteiger partial charge < -0.3 is 10.4 Å². The van der Waals surface area contributed by atoms with E-state index in [1.165, 1.54) is 0 Å². The molecule has 1 aromatic rings. The molecule has 1 aromatic heterocycles. The zero-order valence-electron chi connectivity index (χ0n) is 11.7. The van der Waals surface area contributed by atoms with Gasteiger partial charge in [0.1, 0.15) is 0 Å². The predicted molar refractivity (Wildman–Crippen MR) is 75.6 cm³/mol. The number of aliphatic hydroxyl groups excluding tert-OH is 1. The lowest BCUT2D eigenvalue weighted by Crippen LogP contribution is -2.33. The van der Waals surface area contributed by atoms with Crippen molar-refractivity contribution in [1.82, 2.24) is 9.88 Å². The van der Waals surface area contributed by atoms with Crippen LogP contribution in [-0.4, -0.2) is 40.7 Å². The van der Waals surface area contributed by atoms with Gasteiger partial charge in [0.05, 0.1) is 12.3 Å². The molecule has 1 heterocycles. The molecular weight excluding hydrogens is 226 g/mol. The number of aliphatic hydroxyl groups is 1. The summed E-state index contributed by atoms with van der Waals surface area (Å²) in [5.41, 5.74) is 2.16. The highest BCUT2D eigenvalue weighted by molar-refractivity contribution is 5.43. The zero-order chi connectivity index (χ0) is 13.4. The smallest absolute Gasteiger partial charge is 0.0564 e. The van der Waals surface area contributed by atoms with Gasteiger partial charge in [-0.1, -0.05) is 6.92 Å². The maximum atomic E-state index is 9.06. The average Bonchev–Trinajstić information content (AvgIpc) is 2.36. The molecule has 0 bridgehead atoms. The Balaban J connectivity index is 2.64. The summed E-state index contributed by atoms with van der Waals surface area (Å²) in [4.78, 5) is 6.60. The van der Waals surface area contributed by atoms with Crippen LogP contribution in [0.4, 0.5) is 5.69 Å². The van der Waals surface area contributed by atoms with Crippen LogP contribution >= 0.6 is 0 Å². The van der Waals surface area contributed by atoms with E-state index in [1.807, 2.05) is 12.3 Å². The Morgan fingerprint density at radius 2 is 2.22 bits per heavy atom. The molecule has 4 heteroatoms. The topological polar surface area (TPSA) is 48.4 Å². The third kappa shape index (κ3) is 5.02. The fraction of sp³-hybridized carbons (Fsp3) is 0.643. The minimum absolute atomic E-state index is 0.186. The Hall–Kier alpha value is -1.13. The highest BCUT2D eigenvalue weighted by Gasteiger charge is 2.10. The molecule has 0 unspecified atom stereocenters. The molecule has 102 valence electrons. The summed E-state index contributed by atoms with van der Waals surface area (Å²) < 4.78 is 0. The first-order valence-corrected chi connectivity index (χ1v) is 6.71. The molecule has 0 saturated heterocycles. The normalized spacial score (nSPS) is 11.2. The number of pyridine rings is 1. The largest absolute Gasteiger partial charge is 0.395 e. The van der Waals surface area contributed by atoms with Crippen molar-refractivity contribution < 1.29 is 5.11 Å². The van der Waals surface area contributed by atoms with E-state index in [9.17, 15) is 0 Å². The number of aromatic nitrogens is 1. The molecule has 0 spiro atoms. The Morgan fingerprint density at radius 1 is 1.44 bits per heavy atom. The molecule has 1 rings (SSSR count). The summed E-state index contributed by atoms with van der Waals surface area (Å²) in [5, 5.41) is 12.4. The van der Waals surface area contributed by atoms with Crippen LogP contribution in [0.15, 0.2) is 18.3 Å². The summed E-state index contributed by atoms with van der Waals surface area (Å²) in [6.07, 6.45) is 2.95. The van der Waals surface area contributed by atoms with Gasteiger partial charge in [0.2, 0.25) is 0 Å². The van der Waals surface area contributed by atoms with Gasteiger partial charge in [-0.2, -0.15) is 0 Å². The fourth-order valence-corrected chi connectivity index (χ4v) is 1.80. The molecule has 0 aliphatic heterocycles. The summed E-state index contributed by atoms with van der Waals surface area (Å²) in [6, 6.07) is 4.49. The van der Waals surface area contributed by atoms with Crippen molar-refractivity contribution in [3.8, 4) is 0 Å². The maximum Gasteiger partial charge on any atom is 0.0564 e. The van der Waals surface area contributed by atoms with Crippen molar-refractivity contribution in [3.05, 3.63) is 24.0 Å². The first kappa shape index (κ1) is 14.9. The van der Waals surface area contributed by atoms with Crippen LogP contribution in [0.1, 0.15) is 32.9 Å². The minimum atomic E-state index is 0.186. The van der Waals surface area contributed by atoms with E-state index in [0.29, 0.717) is 12.6 Å². The van der Waals surface area contributed by atoms with E-state index in [4.69, 9.17) is 5.11 Å². The SMILES string of the molecule is CCCNc1ccnc(CN(CCO)C(C)C)c1. The van der Waals surface area contributed by atoms with Crippen LogP contribution < -0.4 is 5.32 Å². The van der Waals surface area contributed by atoms with E-state index < -0.39 is 0 Å². The second-order valence-electron chi connectivity index (χ2n) is 4.75. The van der Waals surface area contributed by atoms with E-state index in [1.54, 1.807) is 0 Å². The molecule has 4 nitrogen and oxygen atoms in total. The van der Waals surface area contributed by atoms with Gasteiger partial charge in [0.15, 0.2) is 0 Å². The number of nitrogens with zero attached hydrogens (tertiary/aromatic N) is 2. The maximum absolute atomic E-state index is 9.06. The number of anilines is 1. The van der Waals surface area contributed by atoms with Gasteiger partial charge in [0.25, 0.3) is 0 Å². The molecule has 0 aromatic carbocycles. The highest BCUT2D eigenvalue weighted by Crippen LogP contribution is 2.11. The van der Waals surface area contributed by atoms with E-state index in [0.717, 1.165) is 30.9 Å². The molecule has 0 amide bonds. The first-order valence-electron chi connectivity index (χ1n) is 6.71. The van der Waals surface area contributed by atoms with Crippen LogP contribution in [-0.2, 0) is 6.54 Å².